The van der Waals surface area contributed by atoms with Gasteiger partial charge in [0.25, 0.3) is 0 Å². The highest BCUT2D eigenvalue weighted by atomic mass is 15.5. The van der Waals surface area contributed by atoms with Gasteiger partial charge in [-0.25, -0.2) is 4.99 Å². The summed E-state index contributed by atoms with van der Waals surface area (Å²) >= 11 is 0. The van der Waals surface area contributed by atoms with Crippen molar-refractivity contribution in [1.82, 2.24) is 5.01 Å². The third-order valence-electron chi connectivity index (χ3n) is 2.93. The van der Waals surface area contributed by atoms with E-state index in [1.807, 2.05) is 6.92 Å². The fourth-order valence-electron chi connectivity index (χ4n) is 1.80. The monoisotopic (exact) mass is 191 g/mol. The van der Waals surface area contributed by atoms with E-state index >= 15 is 0 Å². The second-order valence-corrected chi connectivity index (χ2v) is 5.05. The molecule has 0 aromatic rings. The van der Waals surface area contributed by atoms with Crippen molar-refractivity contribution in [1.29, 1.82) is 0 Å². The number of hydrogen-bond acceptors (Lipinski definition) is 3. The van der Waals surface area contributed by atoms with E-state index < -0.39 is 0 Å². The van der Waals surface area contributed by atoms with Crippen molar-refractivity contribution in [3.05, 3.63) is 11.8 Å². The first-order chi connectivity index (χ1) is 6.48. The van der Waals surface area contributed by atoms with Gasteiger partial charge in [-0.15, -0.1) is 0 Å². The number of aliphatic imine (C=N–C) groups is 1. The minimum absolute atomic E-state index is 0.306. The second kappa shape index (κ2) is 2.94. The summed E-state index contributed by atoms with van der Waals surface area (Å²) in [4.78, 5) is 4.20. The van der Waals surface area contributed by atoms with Gasteiger partial charge in [-0.05, 0) is 12.3 Å². The van der Waals surface area contributed by atoms with E-state index in [1.165, 1.54) is 5.70 Å². The van der Waals surface area contributed by atoms with Gasteiger partial charge >= 0.3 is 0 Å². The maximum atomic E-state index is 4.26. The van der Waals surface area contributed by atoms with Crippen LogP contribution in [0.5, 0.6) is 0 Å². The Bertz CT molecular complexity index is 331. The molecule has 0 aromatic heterocycles. The largest absolute Gasteiger partial charge is 0.262 e. The molecule has 2 aliphatic heterocycles. The quantitative estimate of drug-likeness (QED) is 0.577. The Hall–Kier alpha value is -1.12. The van der Waals surface area contributed by atoms with Crippen molar-refractivity contribution in [2.24, 2.45) is 21.4 Å². The third kappa shape index (κ3) is 1.47. The number of hydrazone groups is 1. The highest BCUT2D eigenvalue weighted by Gasteiger charge is 2.33. The van der Waals surface area contributed by atoms with Crippen LogP contribution >= 0.6 is 0 Å². The lowest BCUT2D eigenvalue weighted by molar-refractivity contribution is 0.249. The summed E-state index contributed by atoms with van der Waals surface area (Å²) in [6.07, 6.45) is 3.94. The normalized spacial score (nSPS) is 26.0. The van der Waals surface area contributed by atoms with Gasteiger partial charge < -0.3 is 0 Å². The molecule has 0 fully saturated rings. The van der Waals surface area contributed by atoms with Crippen LogP contribution in [0.3, 0.4) is 0 Å². The van der Waals surface area contributed by atoms with Crippen LogP contribution in [0.2, 0.25) is 0 Å². The van der Waals surface area contributed by atoms with Crippen LogP contribution in [-0.2, 0) is 0 Å². The maximum absolute atomic E-state index is 4.26. The molecule has 0 amide bonds. The summed E-state index contributed by atoms with van der Waals surface area (Å²) in [6.45, 7) is 9.83. The fraction of sp³-hybridized carbons (Fsp3) is 0.636. The number of rotatable bonds is 0. The van der Waals surface area contributed by atoms with Crippen LogP contribution in [0.4, 0.5) is 0 Å². The average molecular weight is 191 g/mol. The smallest absolute Gasteiger partial charge is 0.136 e. The summed E-state index contributed by atoms with van der Waals surface area (Å²) < 4.78 is 0. The lowest BCUT2D eigenvalue weighted by Crippen LogP contribution is -2.26. The Balaban J connectivity index is 2.27. The molecule has 3 heteroatoms. The van der Waals surface area contributed by atoms with Gasteiger partial charge in [0.05, 0.1) is 11.4 Å². The van der Waals surface area contributed by atoms with Crippen LogP contribution in [0.15, 0.2) is 21.9 Å². The van der Waals surface area contributed by atoms with Gasteiger partial charge in [-0.2, -0.15) is 5.10 Å². The molecule has 1 unspecified atom stereocenters. The molecule has 2 rings (SSSR count). The zero-order chi connectivity index (χ0) is 10.3. The van der Waals surface area contributed by atoms with Gasteiger partial charge in [0.1, 0.15) is 6.34 Å². The van der Waals surface area contributed by atoms with Gasteiger partial charge in [0.15, 0.2) is 0 Å². The van der Waals surface area contributed by atoms with Gasteiger partial charge in [0, 0.05) is 12.5 Å². The first kappa shape index (κ1) is 9.44. The molecule has 0 aliphatic carbocycles. The number of hydrogen-bond donors (Lipinski definition) is 0. The van der Waals surface area contributed by atoms with Gasteiger partial charge in [-0.1, -0.05) is 26.8 Å². The van der Waals surface area contributed by atoms with E-state index in [0.717, 1.165) is 12.3 Å². The molecule has 0 saturated carbocycles. The van der Waals surface area contributed by atoms with E-state index in [-0.39, 0.29) is 0 Å². The topological polar surface area (TPSA) is 28.0 Å². The lowest BCUT2D eigenvalue weighted by atomic mass is 9.81. The first-order valence-electron chi connectivity index (χ1n) is 5.05. The highest BCUT2D eigenvalue weighted by Crippen LogP contribution is 2.35. The van der Waals surface area contributed by atoms with Crippen molar-refractivity contribution in [3.63, 3.8) is 0 Å². The van der Waals surface area contributed by atoms with Crippen molar-refractivity contribution >= 4 is 12.1 Å². The van der Waals surface area contributed by atoms with Crippen molar-refractivity contribution in [2.75, 3.05) is 6.54 Å². The molecule has 2 heterocycles. The van der Waals surface area contributed by atoms with E-state index in [2.05, 4.69) is 41.9 Å². The molecule has 0 radical (unpaired) electrons. The van der Waals surface area contributed by atoms with Crippen LogP contribution in [0.25, 0.3) is 0 Å². The Morgan fingerprint density at radius 3 is 2.71 bits per heavy atom. The predicted octanol–water partition coefficient (Wildman–Crippen LogP) is 2.27. The molecule has 0 bridgehead atoms. The van der Waals surface area contributed by atoms with Crippen molar-refractivity contribution in [3.8, 4) is 0 Å². The van der Waals surface area contributed by atoms with E-state index in [0.29, 0.717) is 11.3 Å². The molecule has 0 spiro atoms. The molecule has 14 heavy (non-hydrogen) atoms. The molecule has 1 atom stereocenters. The summed E-state index contributed by atoms with van der Waals surface area (Å²) in [6, 6.07) is 0. The van der Waals surface area contributed by atoms with Gasteiger partial charge in [-0.3, -0.25) is 5.01 Å². The summed E-state index contributed by atoms with van der Waals surface area (Å²) in [7, 11) is 0. The number of nitrogens with zero attached hydrogens (tertiary/aromatic N) is 3. The average Bonchev–Trinajstić information content (AvgIpc) is 2.48. The maximum Gasteiger partial charge on any atom is 0.136 e. The molecule has 2 aliphatic rings. The van der Waals surface area contributed by atoms with Crippen LogP contribution in [-0.4, -0.2) is 23.6 Å². The van der Waals surface area contributed by atoms with E-state index in [1.54, 1.807) is 6.34 Å². The summed E-state index contributed by atoms with van der Waals surface area (Å²) in [5.74, 6) is 0.567. The molecular formula is C11H17N3. The predicted molar refractivity (Wildman–Crippen MR) is 59.3 cm³/mol. The summed E-state index contributed by atoms with van der Waals surface area (Å²) in [5.41, 5.74) is 2.57. The van der Waals surface area contributed by atoms with Crippen LogP contribution < -0.4 is 0 Å². The molecule has 0 aromatic carbocycles. The minimum Gasteiger partial charge on any atom is -0.262 e. The molecule has 0 saturated heterocycles. The zero-order valence-corrected chi connectivity index (χ0v) is 9.28. The first-order valence-corrected chi connectivity index (χ1v) is 5.05. The standard InChI is InChI=1S/C11H17N3/c1-8-10-5-9(11(2,3)4)6-14(10)13-7-12-8/h5,7,9H,6H2,1-4H3. The molecule has 76 valence electrons. The molecular weight excluding hydrogens is 174 g/mol. The minimum atomic E-state index is 0.306. The Labute approximate surface area is 85.2 Å². The number of allylic oxidation sites excluding steroid dienone is 1. The Kier molecular flexibility index (Phi) is 1.98. The zero-order valence-electron chi connectivity index (χ0n) is 9.28. The van der Waals surface area contributed by atoms with E-state index in [4.69, 9.17) is 0 Å². The van der Waals surface area contributed by atoms with Crippen LogP contribution in [0, 0.1) is 11.3 Å². The lowest BCUT2D eigenvalue weighted by Gasteiger charge is -2.26. The highest BCUT2D eigenvalue weighted by molar-refractivity contribution is 6.03. The van der Waals surface area contributed by atoms with Gasteiger partial charge in [0.2, 0.25) is 0 Å². The summed E-state index contributed by atoms with van der Waals surface area (Å²) in [5, 5.41) is 6.31. The number of fused-ring (bicyclic) bond motifs is 1. The van der Waals surface area contributed by atoms with Crippen molar-refractivity contribution in [2.45, 2.75) is 27.7 Å². The van der Waals surface area contributed by atoms with E-state index in [9.17, 15) is 0 Å². The fourth-order valence-corrected chi connectivity index (χ4v) is 1.80. The Morgan fingerprint density at radius 2 is 2.14 bits per heavy atom. The third-order valence-corrected chi connectivity index (χ3v) is 2.93. The van der Waals surface area contributed by atoms with Crippen LogP contribution in [0.1, 0.15) is 27.7 Å². The molecule has 0 N–H and O–H groups in total. The molecule has 3 nitrogen and oxygen atoms in total. The second-order valence-electron chi connectivity index (χ2n) is 5.05. The van der Waals surface area contributed by atoms with Crippen molar-refractivity contribution < 1.29 is 0 Å². The Morgan fingerprint density at radius 1 is 1.43 bits per heavy atom. The SMILES string of the molecule is CC1=NC=NN2CC(C(C)(C)C)C=C12.